The monoisotopic (exact) mass is 263 g/mol. The van der Waals surface area contributed by atoms with E-state index in [2.05, 4.69) is 25.9 Å². The van der Waals surface area contributed by atoms with Crippen molar-refractivity contribution >= 4 is 21.7 Å². The highest BCUT2D eigenvalue weighted by molar-refractivity contribution is 9.10. The fourth-order valence-electron chi connectivity index (χ4n) is 1.28. The second-order valence-corrected chi connectivity index (χ2v) is 4.04. The highest BCUT2D eigenvalue weighted by atomic mass is 79.9. The lowest BCUT2D eigenvalue weighted by molar-refractivity contribution is 0.968. The van der Waals surface area contributed by atoms with Crippen molar-refractivity contribution in [2.75, 3.05) is 5.73 Å². The number of anilines is 1. The molecule has 0 aliphatic carbocycles. The van der Waals surface area contributed by atoms with Crippen molar-refractivity contribution in [1.29, 1.82) is 0 Å². The van der Waals surface area contributed by atoms with E-state index in [1.54, 1.807) is 6.20 Å². The Morgan fingerprint density at radius 2 is 1.93 bits per heavy atom. The van der Waals surface area contributed by atoms with Gasteiger partial charge >= 0.3 is 0 Å². The van der Waals surface area contributed by atoms with E-state index in [1.165, 1.54) is 5.56 Å². The predicted molar refractivity (Wildman–Crippen MR) is 63.4 cm³/mol. The molecule has 0 atom stereocenters. The molecule has 1 aromatic heterocycles. The molecule has 4 heteroatoms. The Labute approximate surface area is 96.5 Å². The molecule has 0 saturated heterocycles. The molecule has 0 fully saturated rings. The Morgan fingerprint density at radius 1 is 1.20 bits per heavy atom. The summed E-state index contributed by atoms with van der Waals surface area (Å²) < 4.78 is 0.735. The quantitative estimate of drug-likeness (QED) is 0.906. The first kappa shape index (κ1) is 10.1. The van der Waals surface area contributed by atoms with Crippen LogP contribution in [-0.2, 0) is 6.42 Å². The van der Waals surface area contributed by atoms with Gasteiger partial charge in [0.2, 0.25) is 0 Å². The minimum atomic E-state index is 0.482. The molecule has 0 saturated carbocycles. The van der Waals surface area contributed by atoms with E-state index in [-0.39, 0.29) is 0 Å². The van der Waals surface area contributed by atoms with Crippen LogP contribution in [0.15, 0.2) is 41.0 Å². The number of halogens is 1. The van der Waals surface area contributed by atoms with Crippen LogP contribution in [0.2, 0.25) is 0 Å². The van der Waals surface area contributed by atoms with Crippen LogP contribution in [0.4, 0.5) is 5.82 Å². The summed E-state index contributed by atoms with van der Waals surface area (Å²) in [7, 11) is 0. The van der Waals surface area contributed by atoms with Crippen LogP contribution >= 0.6 is 15.9 Å². The van der Waals surface area contributed by atoms with Crippen LogP contribution in [0, 0.1) is 0 Å². The zero-order chi connectivity index (χ0) is 10.7. The minimum Gasteiger partial charge on any atom is -0.383 e. The molecule has 0 radical (unpaired) electrons. The number of nitrogen functional groups attached to an aromatic ring is 1. The molecular weight excluding hydrogens is 254 g/mol. The van der Waals surface area contributed by atoms with Crippen molar-refractivity contribution in [3.05, 3.63) is 52.4 Å². The van der Waals surface area contributed by atoms with Crippen LogP contribution in [0.1, 0.15) is 11.4 Å². The number of rotatable bonds is 2. The van der Waals surface area contributed by atoms with Gasteiger partial charge in [-0.3, -0.25) is 0 Å². The maximum atomic E-state index is 5.68. The number of aromatic nitrogens is 2. The molecule has 0 bridgehead atoms. The molecule has 15 heavy (non-hydrogen) atoms. The molecule has 0 amide bonds. The average molecular weight is 264 g/mol. The predicted octanol–water partition coefficient (Wildman–Crippen LogP) is 2.41. The Morgan fingerprint density at radius 3 is 2.60 bits per heavy atom. The van der Waals surface area contributed by atoms with Gasteiger partial charge in [-0.15, -0.1) is 0 Å². The molecule has 2 N–H and O–H groups in total. The van der Waals surface area contributed by atoms with E-state index in [9.17, 15) is 0 Å². The third-order valence-corrected chi connectivity index (χ3v) is 2.64. The molecule has 2 aromatic rings. The van der Waals surface area contributed by atoms with E-state index in [0.717, 1.165) is 10.3 Å². The van der Waals surface area contributed by atoms with Gasteiger partial charge in [-0.05, 0) is 21.5 Å². The smallest absolute Gasteiger partial charge is 0.141 e. The Bertz CT molecular complexity index is 457. The molecule has 3 nitrogen and oxygen atoms in total. The molecule has 0 spiro atoms. The van der Waals surface area contributed by atoms with Gasteiger partial charge in [0, 0.05) is 12.6 Å². The molecular formula is C11H10BrN3. The zero-order valence-corrected chi connectivity index (χ0v) is 9.61. The normalized spacial score (nSPS) is 10.2. The van der Waals surface area contributed by atoms with Gasteiger partial charge in [-0.1, -0.05) is 30.3 Å². The molecule has 76 valence electrons. The van der Waals surface area contributed by atoms with Gasteiger partial charge in [0.1, 0.15) is 11.6 Å². The summed E-state index contributed by atoms with van der Waals surface area (Å²) in [4.78, 5) is 8.38. The first-order chi connectivity index (χ1) is 7.25. The lowest BCUT2D eigenvalue weighted by atomic mass is 10.1. The fraction of sp³-hybridized carbons (Fsp3) is 0.0909. The molecule has 0 unspecified atom stereocenters. The number of nitrogens with zero attached hydrogens (tertiary/aromatic N) is 2. The molecule has 0 aliphatic heterocycles. The van der Waals surface area contributed by atoms with Gasteiger partial charge in [0.25, 0.3) is 0 Å². The second kappa shape index (κ2) is 4.40. The van der Waals surface area contributed by atoms with Crippen molar-refractivity contribution in [2.45, 2.75) is 6.42 Å². The van der Waals surface area contributed by atoms with Crippen molar-refractivity contribution in [1.82, 2.24) is 9.97 Å². The van der Waals surface area contributed by atoms with Gasteiger partial charge < -0.3 is 5.73 Å². The maximum absolute atomic E-state index is 5.68. The summed E-state index contributed by atoms with van der Waals surface area (Å²) >= 11 is 3.26. The Kier molecular flexibility index (Phi) is 2.97. The third-order valence-electron chi connectivity index (χ3n) is 2.03. The SMILES string of the molecule is Nc1nc(Cc2ccccc2)ncc1Br. The van der Waals surface area contributed by atoms with Gasteiger partial charge in [0.15, 0.2) is 0 Å². The van der Waals surface area contributed by atoms with Crippen LogP contribution in [-0.4, -0.2) is 9.97 Å². The van der Waals surface area contributed by atoms with Crippen LogP contribution in [0.5, 0.6) is 0 Å². The highest BCUT2D eigenvalue weighted by Gasteiger charge is 2.02. The lowest BCUT2D eigenvalue weighted by Crippen LogP contribution is -2.00. The average Bonchev–Trinajstić information content (AvgIpc) is 2.25. The summed E-state index contributed by atoms with van der Waals surface area (Å²) in [5, 5.41) is 0. The maximum Gasteiger partial charge on any atom is 0.141 e. The van der Waals surface area contributed by atoms with Crippen LogP contribution in [0.3, 0.4) is 0 Å². The first-order valence-corrected chi connectivity index (χ1v) is 5.36. The van der Waals surface area contributed by atoms with Gasteiger partial charge in [-0.25, -0.2) is 9.97 Å². The lowest BCUT2D eigenvalue weighted by Gasteiger charge is -2.02. The molecule has 0 aliphatic rings. The molecule has 2 rings (SSSR count). The van der Waals surface area contributed by atoms with Crippen molar-refractivity contribution in [3.63, 3.8) is 0 Å². The standard InChI is InChI=1S/C11H10BrN3/c12-9-7-14-10(15-11(9)13)6-8-4-2-1-3-5-8/h1-5,7H,6H2,(H2,13,14,15). The number of nitrogens with two attached hydrogens (primary N) is 1. The molecule has 1 aromatic carbocycles. The van der Waals surface area contributed by atoms with Crippen LogP contribution < -0.4 is 5.73 Å². The van der Waals surface area contributed by atoms with E-state index in [1.807, 2.05) is 30.3 Å². The second-order valence-electron chi connectivity index (χ2n) is 3.18. The zero-order valence-electron chi connectivity index (χ0n) is 8.02. The first-order valence-electron chi connectivity index (χ1n) is 4.56. The highest BCUT2D eigenvalue weighted by Crippen LogP contribution is 2.15. The van der Waals surface area contributed by atoms with E-state index in [4.69, 9.17) is 5.73 Å². The van der Waals surface area contributed by atoms with Gasteiger partial charge in [-0.2, -0.15) is 0 Å². The summed E-state index contributed by atoms with van der Waals surface area (Å²) in [5.41, 5.74) is 6.86. The number of benzene rings is 1. The third kappa shape index (κ3) is 2.53. The van der Waals surface area contributed by atoms with Gasteiger partial charge in [0.05, 0.1) is 4.47 Å². The molecule has 1 heterocycles. The topological polar surface area (TPSA) is 51.8 Å². The van der Waals surface area contributed by atoms with Crippen LogP contribution in [0.25, 0.3) is 0 Å². The minimum absolute atomic E-state index is 0.482. The van der Waals surface area contributed by atoms with Crippen molar-refractivity contribution < 1.29 is 0 Å². The number of hydrogen-bond donors (Lipinski definition) is 1. The Hall–Kier alpha value is -1.42. The summed E-state index contributed by atoms with van der Waals surface area (Å²) in [5.74, 6) is 1.22. The summed E-state index contributed by atoms with van der Waals surface area (Å²) in [6.07, 6.45) is 2.39. The van der Waals surface area contributed by atoms with E-state index >= 15 is 0 Å². The largest absolute Gasteiger partial charge is 0.383 e. The fourth-order valence-corrected chi connectivity index (χ4v) is 1.47. The summed E-state index contributed by atoms with van der Waals surface area (Å²) in [6, 6.07) is 10.1. The summed E-state index contributed by atoms with van der Waals surface area (Å²) in [6.45, 7) is 0. The van der Waals surface area contributed by atoms with Crippen molar-refractivity contribution in [2.24, 2.45) is 0 Å². The number of hydrogen-bond acceptors (Lipinski definition) is 3. The van der Waals surface area contributed by atoms with Crippen molar-refractivity contribution in [3.8, 4) is 0 Å². The van der Waals surface area contributed by atoms with E-state index in [0.29, 0.717) is 12.2 Å². The van der Waals surface area contributed by atoms with E-state index < -0.39 is 0 Å². The Balaban J connectivity index is 2.22.